The summed E-state index contributed by atoms with van der Waals surface area (Å²) < 4.78 is 5.46. The van der Waals surface area contributed by atoms with Gasteiger partial charge in [-0.15, -0.1) is 6.58 Å². The van der Waals surface area contributed by atoms with Crippen molar-refractivity contribution in [3.05, 3.63) is 72.3 Å². The molecule has 3 N–H and O–H groups in total. The van der Waals surface area contributed by atoms with Crippen LogP contribution in [0.3, 0.4) is 0 Å². The van der Waals surface area contributed by atoms with Crippen LogP contribution in [0.2, 0.25) is 0 Å². The molecule has 2 amide bonds. The van der Waals surface area contributed by atoms with Gasteiger partial charge in [-0.25, -0.2) is 9.59 Å². The molecule has 3 rings (SSSR count). The van der Waals surface area contributed by atoms with E-state index in [-0.39, 0.29) is 25.4 Å². The van der Waals surface area contributed by atoms with Gasteiger partial charge < -0.3 is 20.5 Å². The van der Waals surface area contributed by atoms with Crippen molar-refractivity contribution in [1.82, 2.24) is 10.6 Å². The Morgan fingerprint density at radius 3 is 2.19 bits per heavy atom. The van der Waals surface area contributed by atoms with Crippen LogP contribution in [-0.2, 0) is 14.3 Å². The molecular weight excluding hydrogens is 396 g/mol. The monoisotopic (exact) mass is 422 g/mol. The second-order valence-electron chi connectivity index (χ2n) is 7.56. The number of rotatable bonds is 9. The molecule has 1 unspecified atom stereocenters. The van der Waals surface area contributed by atoms with E-state index >= 15 is 0 Å². The summed E-state index contributed by atoms with van der Waals surface area (Å²) in [6.07, 6.45) is 0.862. The Balaban J connectivity index is 1.53. The summed E-state index contributed by atoms with van der Waals surface area (Å²) in [6.45, 7) is 5.32. The maximum Gasteiger partial charge on any atom is 0.407 e. The first-order valence-electron chi connectivity index (χ1n) is 10.1. The Morgan fingerprint density at radius 2 is 1.65 bits per heavy atom. The van der Waals surface area contributed by atoms with Gasteiger partial charge in [0.15, 0.2) is 0 Å². The molecule has 0 aromatic heterocycles. The van der Waals surface area contributed by atoms with Gasteiger partial charge in [0.2, 0.25) is 5.91 Å². The highest BCUT2D eigenvalue weighted by Gasteiger charge is 2.29. The topological polar surface area (TPSA) is 105 Å². The SMILES string of the molecule is C=CCC(NC(=O)C[C@@H](C)NC(=O)OCC1c2ccccc2-c2ccccc21)C(=O)O. The van der Waals surface area contributed by atoms with Gasteiger partial charge in [-0.3, -0.25) is 4.79 Å². The predicted octanol–water partition coefficient (Wildman–Crippen LogP) is 3.45. The second-order valence-corrected chi connectivity index (χ2v) is 7.56. The first kappa shape index (κ1) is 22.1. The number of alkyl carbamates (subject to hydrolysis) is 1. The number of nitrogens with one attached hydrogen (secondary N) is 2. The van der Waals surface area contributed by atoms with Crippen LogP contribution in [0.4, 0.5) is 4.79 Å². The number of carboxylic acid groups (broad SMARTS) is 1. The fourth-order valence-corrected chi connectivity index (χ4v) is 3.81. The molecule has 2 aromatic carbocycles. The standard InChI is InChI=1S/C24H26N2O5/c1-3-8-21(23(28)29)26-22(27)13-15(2)25-24(30)31-14-20-18-11-6-4-9-16(18)17-10-5-7-12-19(17)20/h3-7,9-12,15,20-21H,1,8,13-14H2,2H3,(H,25,30)(H,26,27)(H,28,29)/t15-,21?/m1/s1. The fraction of sp³-hybridized carbons (Fsp3) is 0.292. The van der Waals surface area contributed by atoms with Gasteiger partial charge in [0, 0.05) is 18.4 Å². The largest absolute Gasteiger partial charge is 0.480 e. The normalized spacial score (nSPS) is 14.0. The van der Waals surface area contributed by atoms with Crippen LogP contribution in [0.15, 0.2) is 61.2 Å². The number of fused-ring (bicyclic) bond motifs is 3. The van der Waals surface area contributed by atoms with E-state index in [0.29, 0.717) is 0 Å². The molecule has 0 bridgehead atoms. The van der Waals surface area contributed by atoms with Crippen molar-refractivity contribution < 1.29 is 24.2 Å². The molecule has 0 fully saturated rings. The van der Waals surface area contributed by atoms with Crippen molar-refractivity contribution in [1.29, 1.82) is 0 Å². The highest BCUT2D eigenvalue weighted by Crippen LogP contribution is 2.44. The van der Waals surface area contributed by atoms with Crippen LogP contribution < -0.4 is 10.6 Å². The average molecular weight is 422 g/mol. The van der Waals surface area contributed by atoms with E-state index in [1.54, 1.807) is 6.92 Å². The summed E-state index contributed by atoms with van der Waals surface area (Å²) in [5, 5.41) is 14.1. The number of amides is 2. The Hall–Kier alpha value is -3.61. The third kappa shape index (κ3) is 5.31. The summed E-state index contributed by atoms with van der Waals surface area (Å²) in [5.41, 5.74) is 4.52. The molecule has 2 aromatic rings. The Bertz CT molecular complexity index is 942. The van der Waals surface area contributed by atoms with Crippen molar-refractivity contribution in [2.24, 2.45) is 0 Å². The number of aliphatic carboxylic acids is 1. The zero-order valence-corrected chi connectivity index (χ0v) is 17.3. The van der Waals surface area contributed by atoms with Crippen molar-refractivity contribution >= 4 is 18.0 Å². The van der Waals surface area contributed by atoms with Gasteiger partial charge in [-0.1, -0.05) is 54.6 Å². The molecule has 0 spiro atoms. The van der Waals surface area contributed by atoms with E-state index in [0.717, 1.165) is 22.3 Å². The van der Waals surface area contributed by atoms with E-state index in [1.165, 1.54) is 6.08 Å². The van der Waals surface area contributed by atoms with Crippen molar-refractivity contribution in [3.63, 3.8) is 0 Å². The molecule has 0 heterocycles. The lowest BCUT2D eigenvalue weighted by Gasteiger charge is -2.18. The molecule has 1 aliphatic carbocycles. The third-order valence-corrected chi connectivity index (χ3v) is 5.24. The van der Waals surface area contributed by atoms with Gasteiger partial charge in [-0.05, 0) is 35.6 Å². The summed E-state index contributed by atoms with van der Waals surface area (Å²) >= 11 is 0. The zero-order chi connectivity index (χ0) is 22.4. The molecule has 7 nitrogen and oxygen atoms in total. The molecule has 0 saturated carbocycles. The van der Waals surface area contributed by atoms with E-state index < -0.39 is 30.1 Å². The van der Waals surface area contributed by atoms with E-state index in [4.69, 9.17) is 9.84 Å². The minimum Gasteiger partial charge on any atom is -0.480 e. The number of hydrogen-bond acceptors (Lipinski definition) is 4. The number of benzene rings is 2. The molecule has 162 valence electrons. The van der Waals surface area contributed by atoms with Crippen molar-refractivity contribution in [2.75, 3.05) is 6.61 Å². The highest BCUT2D eigenvalue weighted by molar-refractivity contribution is 5.84. The minimum absolute atomic E-state index is 0.0491. The van der Waals surface area contributed by atoms with E-state index in [2.05, 4.69) is 29.3 Å². The van der Waals surface area contributed by atoms with Crippen LogP contribution in [0.1, 0.15) is 36.8 Å². The van der Waals surface area contributed by atoms with Gasteiger partial charge in [0.05, 0.1) is 0 Å². The molecule has 2 atom stereocenters. The van der Waals surface area contributed by atoms with E-state index in [9.17, 15) is 14.4 Å². The van der Waals surface area contributed by atoms with Gasteiger partial charge in [0.1, 0.15) is 12.6 Å². The maximum atomic E-state index is 12.3. The first-order valence-corrected chi connectivity index (χ1v) is 10.1. The lowest BCUT2D eigenvalue weighted by molar-refractivity contribution is -0.141. The lowest BCUT2D eigenvalue weighted by Crippen LogP contribution is -2.44. The van der Waals surface area contributed by atoms with Crippen LogP contribution in [-0.4, -0.2) is 41.8 Å². The maximum absolute atomic E-state index is 12.3. The van der Waals surface area contributed by atoms with Crippen molar-refractivity contribution in [3.8, 4) is 11.1 Å². The molecule has 7 heteroatoms. The summed E-state index contributed by atoms with van der Waals surface area (Å²) in [6, 6.07) is 14.6. The molecule has 0 radical (unpaired) electrons. The summed E-state index contributed by atoms with van der Waals surface area (Å²) in [7, 11) is 0. The minimum atomic E-state index is -1.13. The van der Waals surface area contributed by atoms with Gasteiger partial charge in [0.25, 0.3) is 0 Å². The average Bonchev–Trinajstić information content (AvgIpc) is 3.05. The first-order chi connectivity index (χ1) is 14.9. The fourth-order valence-electron chi connectivity index (χ4n) is 3.81. The Labute approximate surface area is 181 Å². The number of ether oxygens (including phenoxy) is 1. The highest BCUT2D eigenvalue weighted by atomic mass is 16.5. The number of carbonyl (C=O) groups excluding carboxylic acids is 2. The van der Waals surface area contributed by atoms with Crippen LogP contribution in [0, 0.1) is 0 Å². The predicted molar refractivity (Wildman–Crippen MR) is 117 cm³/mol. The van der Waals surface area contributed by atoms with E-state index in [1.807, 2.05) is 36.4 Å². The molecular formula is C24H26N2O5. The summed E-state index contributed by atoms with van der Waals surface area (Å²) in [5.74, 6) is -1.65. The lowest BCUT2D eigenvalue weighted by atomic mass is 9.98. The Morgan fingerprint density at radius 1 is 1.06 bits per heavy atom. The molecule has 0 saturated heterocycles. The second kappa shape index (κ2) is 9.93. The molecule has 0 aliphatic heterocycles. The number of carbonyl (C=O) groups is 3. The van der Waals surface area contributed by atoms with Crippen LogP contribution >= 0.6 is 0 Å². The Kier molecular flexibility index (Phi) is 7.07. The summed E-state index contributed by atoms with van der Waals surface area (Å²) in [4.78, 5) is 35.5. The van der Waals surface area contributed by atoms with Gasteiger partial charge >= 0.3 is 12.1 Å². The third-order valence-electron chi connectivity index (χ3n) is 5.24. The van der Waals surface area contributed by atoms with Gasteiger partial charge in [-0.2, -0.15) is 0 Å². The number of hydrogen-bond donors (Lipinski definition) is 3. The van der Waals surface area contributed by atoms with Crippen LogP contribution in [0.25, 0.3) is 11.1 Å². The molecule has 31 heavy (non-hydrogen) atoms. The smallest absolute Gasteiger partial charge is 0.407 e. The zero-order valence-electron chi connectivity index (χ0n) is 17.3. The van der Waals surface area contributed by atoms with Crippen LogP contribution in [0.5, 0.6) is 0 Å². The number of carboxylic acids is 1. The van der Waals surface area contributed by atoms with Crippen molar-refractivity contribution in [2.45, 2.75) is 37.8 Å². The quantitative estimate of drug-likeness (QED) is 0.537. The molecule has 1 aliphatic rings.